The van der Waals surface area contributed by atoms with Gasteiger partial charge in [-0.2, -0.15) is 0 Å². The molecule has 3 N–H and O–H groups in total. The van der Waals surface area contributed by atoms with Crippen molar-refractivity contribution >= 4 is 23.1 Å². The molecule has 2 rings (SSSR count). The first-order valence-electron chi connectivity index (χ1n) is 6.14. The van der Waals surface area contributed by atoms with Gasteiger partial charge in [-0.3, -0.25) is 4.79 Å². The molecular formula is C12H20N2OS. The van der Waals surface area contributed by atoms with Crippen molar-refractivity contribution in [3.05, 3.63) is 0 Å². The van der Waals surface area contributed by atoms with E-state index >= 15 is 0 Å². The molecule has 0 spiro atoms. The van der Waals surface area contributed by atoms with Crippen LogP contribution in [0.15, 0.2) is 0 Å². The highest BCUT2D eigenvalue weighted by molar-refractivity contribution is 7.80. The summed E-state index contributed by atoms with van der Waals surface area (Å²) in [6.45, 7) is 2.11. The van der Waals surface area contributed by atoms with Crippen LogP contribution in [0.5, 0.6) is 0 Å². The van der Waals surface area contributed by atoms with Crippen molar-refractivity contribution in [1.82, 2.24) is 5.32 Å². The zero-order chi connectivity index (χ0) is 11.7. The Morgan fingerprint density at radius 3 is 2.75 bits per heavy atom. The predicted molar refractivity (Wildman–Crippen MR) is 67.9 cm³/mol. The molecule has 1 amide bonds. The maximum absolute atomic E-state index is 11.5. The van der Waals surface area contributed by atoms with Crippen LogP contribution >= 0.6 is 12.2 Å². The highest BCUT2D eigenvalue weighted by Crippen LogP contribution is 2.49. The Morgan fingerprint density at radius 1 is 1.50 bits per heavy atom. The van der Waals surface area contributed by atoms with Crippen LogP contribution in [0.3, 0.4) is 0 Å². The Morgan fingerprint density at radius 2 is 2.25 bits per heavy atom. The summed E-state index contributed by atoms with van der Waals surface area (Å²) in [6, 6.07) is 0.275. The predicted octanol–water partition coefficient (Wildman–Crippen LogP) is 1.60. The van der Waals surface area contributed by atoms with Crippen molar-refractivity contribution in [1.29, 1.82) is 0 Å². The highest BCUT2D eigenvalue weighted by atomic mass is 32.1. The number of carbonyl (C=O) groups is 1. The van der Waals surface area contributed by atoms with Gasteiger partial charge in [0.1, 0.15) is 0 Å². The van der Waals surface area contributed by atoms with Gasteiger partial charge in [-0.1, -0.05) is 18.6 Å². The first kappa shape index (κ1) is 11.8. The molecule has 0 aromatic carbocycles. The molecule has 2 aliphatic carbocycles. The van der Waals surface area contributed by atoms with Gasteiger partial charge in [-0.15, -0.1) is 0 Å². The number of rotatable bonds is 4. The fourth-order valence-corrected chi connectivity index (χ4v) is 3.61. The average molecular weight is 240 g/mol. The number of thiocarbonyl (C=S) groups is 1. The zero-order valence-corrected chi connectivity index (χ0v) is 10.6. The largest absolute Gasteiger partial charge is 0.393 e. The van der Waals surface area contributed by atoms with Gasteiger partial charge in [-0.25, -0.2) is 0 Å². The van der Waals surface area contributed by atoms with Crippen LogP contribution in [0.1, 0.15) is 39.0 Å². The van der Waals surface area contributed by atoms with E-state index in [0.29, 0.717) is 5.92 Å². The second kappa shape index (κ2) is 4.70. The molecule has 16 heavy (non-hydrogen) atoms. The summed E-state index contributed by atoms with van der Waals surface area (Å²) >= 11 is 4.73. The van der Waals surface area contributed by atoms with Crippen LogP contribution < -0.4 is 11.1 Å². The van der Waals surface area contributed by atoms with Crippen molar-refractivity contribution < 1.29 is 4.79 Å². The third-order valence-electron chi connectivity index (χ3n) is 4.16. The standard InChI is InChI=1S/C12H20N2OS/c1-7(14-12(15)6-11(13)16)10-5-8-2-3-9(10)4-8/h7-10H,2-6H2,1H3,(H2,13,16)(H,14,15). The quantitative estimate of drug-likeness (QED) is 0.734. The topological polar surface area (TPSA) is 55.1 Å². The third-order valence-corrected chi connectivity index (χ3v) is 4.30. The van der Waals surface area contributed by atoms with E-state index in [9.17, 15) is 4.79 Å². The first-order valence-corrected chi connectivity index (χ1v) is 6.54. The molecule has 0 aromatic rings. The van der Waals surface area contributed by atoms with Crippen molar-refractivity contribution in [2.75, 3.05) is 0 Å². The van der Waals surface area contributed by atoms with Gasteiger partial charge in [-0.05, 0) is 43.9 Å². The van der Waals surface area contributed by atoms with Crippen LogP contribution in [0.25, 0.3) is 0 Å². The molecule has 0 radical (unpaired) electrons. The lowest BCUT2D eigenvalue weighted by atomic mass is 9.84. The molecule has 0 heterocycles. The molecule has 4 unspecified atom stereocenters. The van der Waals surface area contributed by atoms with Crippen LogP contribution in [0, 0.1) is 17.8 Å². The van der Waals surface area contributed by atoms with Gasteiger partial charge in [0.15, 0.2) is 0 Å². The molecule has 2 saturated carbocycles. The van der Waals surface area contributed by atoms with Gasteiger partial charge in [0, 0.05) is 6.04 Å². The number of hydrogen-bond acceptors (Lipinski definition) is 2. The summed E-state index contributed by atoms with van der Waals surface area (Å²) in [5, 5.41) is 3.03. The van der Waals surface area contributed by atoms with Crippen molar-refractivity contribution in [3.63, 3.8) is 0 Å². The number of fused-ring (bicyclic) bond motifs is 2. The maximum Gasteiger partial charge on any atom is 0.227 e. The van der Waals surface area contributed by atoms with Gasteiger partial charge in [0.05, 0.1) is 11.4 Å². The van der Waals surface area contributed by atoms with Crippen LogP contribution in [-0.4, -0.2) is 16.9 Å². The lowest BCUT2D eigenvalue weighted by Gasteiger charge is -2.28. The minimum absolute atomic E-state index is 0.0252. The van der Waals surface area contributed by atoms with Gasteiger partial charge < -0.3 is 11.1 Å². The Bertz CT molecular complexity index is 305. The lowest BCUT2D eigenvalue weighted by molar-refractivity contribution is -0.120. The summed E-state index contributed by atoms with van der Waals surface area (Å²) in [7, 11) is 0. The molecule has 0 aliphatic heterocycles. The normalized spacial score (nSPS) is 33.7. The lowest BCUT2D eigenvalue weighted by Crippen LogP contribution is -2.41. The molecular weight excluding hydrogens is 220 g/mol. The maximum atomic E-state index is 11.5. The molecule has 0 saturated heterocycles. The molecule has 0 aromatic heterocycles. The number of hydrogen-bond donors (Lipinski definition) is 2. The Labute approximate surface area is 102 Å². The van der Waals surface area contributed by atoms with E-state index in [1.54, 1.807) is 0 Å². The number of nitrogens with one attached hydrogen (secondary N) is 1. The van der Waals surface area contributed by atoms with E-state index in [1.807, 2.05) is 0 Å². The number of nitrogens with two attached hydrogens (primary N) is 1. The summed E-state index contributed by atoms with van der Waals surface area (Å²) in [6.07, 6.45) is 5.60. The molecule has 2 bridgehead atoms. The molecule has 2 fully saturated rings. The smallest absolute Gasteiger partial charge is 0.227 e. The number of carbonyl (C=O) groups excluding carboxylic acids is 1. The monoisotopic (exact) mass is 240 g/mol. The van der Waals surface area contributed by atoms with Gasteiger partial charge in [0.25, 0.3) is 0 Å². The van der Waals surface area contributed by atoms with Gasteiger partial charge in [0.2, 0.25) is 5.91 Å². The second-order valence-electron chi connectivity index (χ2n) is 5.34. The van der Waals surface area contributed by atoms with Crippen LogP contribution in [0.2, 0.25) is 0 Å². The minimum atomic E-state index is -0.0252. The Hall–Kier alpha value is -0.640. The van der Waals surface area contributed by atoms with E-state index in [1.165, 1.54) is 25.7 Å². The third kappa shape index (κ3) is 2.54. The van der Waals surface area contributed by atoms with Crippen molar-refractivity contribution in [2.24, 2.45) is 23.5 Å². The minimum Gasteiger partial charge on any atom is -0.393 e. The van der Waals surface area contributed by atoms with Crippen molar-refractivity contribution in [2.45, 2.75) is 45.1 Å². The van der Waals surface area contributed by atoms with E-state index < -0.39 is 0 Å². The first-order chi connectivity index (χ1) is 7.56. The summed E-state index contributed by atoms with van der Waals surface area (Å²) in [4.78, 5) is 11.8. The highest BCUT2D eigenvalue weighted by Gasteiger charge is 2.42. The molecule has 90 valence electrons. The second-order valence-corrected chi connectivity index (χ2v) is 5.86. The van der Waals surface area contributed by atoms with E-state index in [0.717, 1.165) is 11.8 Å². The molecule has 2 aliphatic rings. The van der Waals surface area contributed by atoms with E-state index in [-0.39, 0.29) is 23.4 Å². The average Bonchev–Trinajstić information content (AvgIpc) is 2.76. The van der Waals surface area contributed by atoms with Crippen LogP contribution in [-0.2, 0) is 4.79 Å². The van der Waals surface area contributed by atoms with E-state index in [4.69, 9.17) is 18.0 Å². The van der Waals surface area contributed by atoms with Crippen LogP contribution in [0.4, 0.5) is 0 Å². The molecule has 3 nitrogen and oxygen atoms in total. The van der Waals surface area contributed by atoms with Gasteiger partial charge >= 0.3 is 0 Å². The Balaban J connectivity index is 1.82. The van der Waals surface area contributed by atoms with E-state index in [2.05, 4.69) is 12.2 Å². The summed E-state index contributed by atoms with van der Waals surface area (Å²) in [5.74, 6) is 2.41. The number of amides is 1. The fraction of sp³-hybridized carbons (Fsp3) is 0.833. The van der Waals surface area contributed by atoms with Crippen molar-refractivity contribution in [3.8, 4) is 0 Å². The molecule has 4 atom stereocenters. The fourth-order valence-electron chi connectivity index (χ4n) is 3.48. The zero-order valence-electron chi connectivity index (χ0n) is 9.74. The Kier molecular flexibility index (Phi) is 3.47. The molecule has 4 heteroatoms. The summed E-state index contributed by atoms with van der Waals surface area (Å²) in [5.41, 5.74) is 5.35. The SMILES string of the molecule is CC(NC(=O)CC(N)=S)C1CC2CCC1C2. The summed E-state index contributed by atoms with van der Waals surface area (Å²) < 4.78 is 0.